The molecule has 27 heavy (non-hydrogen) atoms. The van der Waals surface area contributed by atoms with Gasteiger partial charge in [-0.25, -0.2) is 4.98 Å². The van der Waals surface area contributed by atoms with Crippen LogP contribution in [0.5, 0.6) is 5.75 Å². The monoisotopic (exact) mass is 527 g/mol. The number of thiazole rings is 1. The van der Waals surface area contributed by atoms with Crippen LogP contribution in [0.25, 0.3) is 10.2 Å². The lowest BCUT2D eigenvalue weighted by Crippen LogP contribution is -2.34. The van der Waals surface area contributed by atoms with Crippen molar-refractivity contribution < 1.29 is 9.53 Å². The third kappa shape index (κ3) is 4.31. The van der Waals surface area contributed by atoms with E-state index in [0.717, 1.165) is 25.8 Å². The quantitative estimate of drug-likeness (QED) is 0.435. The largest absolute Gasteiger partial charge is 0.495 e. The van der Waals surface area contributed by atoms with Crippen molar-refractivity contribution in [2.24, 2.45) is 0 Å². The minimum absolute atomic E-state index is 0.174. The van der Waals surface area contributed by atoms with Gasteiger partial charge in [0.2, 0.25) is 0 Å². The topological polar surface area (TPSA) is 63.2 Å². The molecule has 0 bridgehead atoms. The Kier molecular flexibility index (Phi) is 6.15. The second-order valence-corrected chi connectivity index (χ2v) is 8.95. The van der Waals surface area contributed by atoms with Crippen molar-refractivity contribution in [1.82, 2.24) is 10.3 Å². The number of fused-ring (bicyclic) bond motifs is 1. The summed E-state index contributed by atoms with van der Waals surface area (Å²) in [5, 5.41) is 6.48. The molecule has 0 radical (unpaired) electrons. The molecule has 0 unspecified atom stereocenters. The molecule has 2 N–H and O–H groups in total. The van der Waals surface area contributed by atoms with Gasteiger partial charge in [-0.3, -0.25) is 10.1 Å². The number of aryl methyl sites for hydroxylation is 2. The molecule has 1 amide bonds. The standard InChI is InChI=1S/C18H15Br2N3O2S2/c1-8-4-5-9(2)15-13(8)21-18(27-15)23-17(26)22-16(24)11-6-10(19)7-12(20)14(11)25-3/h4-7H,1-3H3,(H2,21,22,23,24,26). The van der Waals surface area contributed by atoms with Crippen molar-refractivity contribution in [3.05, 3.63) is 49.9 Å². The molecule has 5 nitrogen and oxygen atoms in total. The highest BCUT2D eigenvalue weighted by atomic mass is 79.9. The Morgan fingerprint density at radius 1 is 1.22 bits per heavy atom. The Labute approximate surface area is 182 Å². The molecular weight excluding hydrogens is 514 g/mol. The molecular formula is C18H15Br2N3O2S2. The zero-order valence-corrected chi connectivity index (χ0v) is 19.5. The van der Waals surface area contributed by atoms with E-state index in [1.54, 1.807) is 12.1 Å². The lowest BCUT2D eigenvalue weighted by molar-refractivity contribution is 0.0974. The first-order chi connectivity index (χ1) is 12.8. The third-order valence-electron chi connectivity index (χ3n) is 3.85. The highest BCUT2D eigenvalue weighted by Crippen LogP contribution is 2.33. The van der Waals surface area contributed by atoms with Crippen LogP contribution in [-0.4, -0.2) is 23.1 Å². The Morgan fingerprint density at radius 3 is 2.59 bits per heavy atom. The number of rotatable bonds is 3. The Balaban J connectivity index is 1.80. The summed E-state index contributed by atoms with van der Waals surface area (Å²) < 4.78 is 7.83. The average molecular weight is 529 g/mol. The summed E-state index contributed by atoms with van der Waals surface area (Å²) in [6, 6.07) is 7.58. The van der Waals surface area contributed by atoms with Gasteiger partial charge in [-0.05, 0) is 65.3 Å². The van der Waals surface area contributed by atoms with Gasteiger partial charge in [0.25, 0.3) is 5.91 Å². The van der Waals surface area contributed by atoms with Crippen LogP contribution in [0.1, 0.15) is 21.5 Å². The second kappa shape index (κ2) is 8.22. The van der Waals surface area contributed by atoms with E-state index in [1.807, 2.05) is 19.9 Å². The molecule has 0 spiro atoms. The fraction of sp³-hybridized carbons (Fsp3) is 0.167. The van der Waals surface area contributed by atoms with Gasteiger partial charge in [-0.1, -0.05) is 39.4 Å². The molecule has 140 valence electrons. The number of carbonyl (C=O) groups excluding carboxylic acids is 1. The van der Waals surface area contributed by atoms with Crippen LogP contribution in [0.2, 0.25) is 0 Å². The van der Waals surface area contributed by atoms with Crippen molar-refractivity contribution in [3.63, 3.8) is 0 Å². The molecule has 9 heteroatoms. The van der Waals surface area contributed by atoms with E-state index in [4.69, 9.17) is 17.0 Å². The van der Waals surface area contributed by atoms with Crippen LogP contribution in [0.15, 0.2) is 33.2 Å². The van der Waals surface area contributed by atoms with Crippen molar-refractivity contribution in [2.45, 2.75) is 13.8 Å². The zero-order valence-electron chi connectivity index (χ0n) is 14.6. The smallest absolute Gasteiger partial charge is 0.261 e. The van der Waals surface area contributed by atoms with Gasteiger partial charge in [0.15, 0.2) is 10.2 Å². The van der Waals surface area contributed by atoms with Crippen LogP contribution in [0.4, 0.5) is 5.13 Å². The number of aromatic nitrogens is 1. The van der Waals surface area contributed by atoms with E-state index in [2.05, 4.69) is 53.5 Å². The number of carbonyl (C=O) groups is 1. The van der Waals surface area contributed by atoms with Crippen molar-refractivity contribution in [3.8, 4) is 5.75 Å². The van der Waals surface area contributed by atoms with Crippen LogP contribution in [0.3, 0.4) is 0 Å². The first kappa shape index (κ1) is 20.2. The summed E-state index contributed by atoms with van der Waals surface area (Å²) in [4.78, 5) is 17.2. The van der Waals surface area contributed by atoms with E-state index in [1.165, 1.54) is 18.4 Å². The number of hydrogen-bond acceptors (Lipinski definition) is 5. The fourth-order valence-corrected chi connectivity index (χ4v) is 5.20. The number of nitrogens with one attached hydrogen (secondary N) is 2. The Hall–Kier alpha value is -1.55. The average Bonchev–Trinajstić information content (AvgIpc) is 3.02. The normalized spacial score (nSPS) is 10.7. The second-order valence-electron chi connectivity index (χ2n) is 5.77. The molecule has 3 rings (SSSR count). The number of ether oxygens (including phenoxy) is 1. The summed E-state index contributed by atoms with van der Waals surface area (Å²) in [5.74, 6) is 0.0598. The lowest BCUT2D eigenvalue weighted by atomic mass is 10.1. The molecule has 0 aliphatic carbocycles. The van der Waals surface area contributed by atoms with E-state index >= 15 is 0 Å². The van der Waals surface area contributed by atoms with Crippen molar-refractivity contribution >= 4 is 81.8 Å². The van der Waals surface area contributed by atoms with Crippen LogP contribution >= 0.6 is 55.4 Å². The first-order valence-corrected chi connectivity index (χ1v) is 10.6. The Bertz CT molecular complexity index is 1030. The number of anilines is 1. The molecule has 1 heterocycles. The minimum Gasteiger partial charge on any atom is -0.495 e. The molecule has 0 aliphatic rings. The number of methoxy groups -OCH3 is 1. The number of thiocarbonyl (C=S) groups is 1. The molecule has 2 aromatic carbocycles. The first-order valence-electron chi connectivity index (χ1n) is 7.82. The van der Waals surface area contributed by atoms with Gasteiger partial charge in [0.1, 0.15) is 5.75 Å². The molecule has 3 aromatic rings. The number of halogens is 2. The minimum atomic E-state index is -0.375. The highest BCUT2D eigenvalue weighted by molar-refractivity contribution is 9.11. The maximum absolute atomic E-state index is 12.6. The Morgan fingerprint density at radius 2 is 1.93 bits per heavy atom. The number of nitrogens with zero attached hydrogens (tertiary/aromatic N) is 1. The van der Waals surface area contributed by atoms with Crippen LogP contribution in [0, 0.1) is 13.8 Å². The summed E-state index contributed by atoms with van der Waals surface area (Å²) in [7, 11) is 1.51. The third-order valence-corrected chi connectivity index (χ3v) is 6.20. The molecule has 0 saturated heterocycles. The van der Waals surface area contributed by atoms with Gasteiger partial charge >= 0.3 is 0 Å². The molecule has 1 aromatic heterocycles. The molecule has 0 atom stereocenters. The van der Waals surface area contributed by atoms with Crippen molar-refractivity contribution in [2.75, 3.05) is 12.4 Å². The van der Waals surface area contributed by atoms with E-state index in [0.29, 0.717) is 20.9 Å². The maximum Gasteiger partial charge on any atom is 0.261 e. The number of amides is 1. The summed E-state index contributed by atoms with van der Waals surface area (Å²) in [5.41, 5.74) is 3.55. The zero-order chi connectivity index (χ0) is 19.7. The van der Waals surface area contributed by atoms with E-state index in [9.17, 15) is 4.79 Å². The summed E-state index contributed by atoms with van der Waals surface area (Å²) >= 11 is 13.6. The van der Waals surface area contributed by atoms with E-state index in [-0.39, 0.29) is 11.0 Å². The predicted octanol–water partition coefficient (Wildman–Crippen LogP) is 5.57. The predicted molar refractivity (Wildman–Crippen MR) is 121 cm³/mol. The SMILES string of the molecule is COc1c(Br)cc(Br)cc1C(=O)NC(=S)Nc1nc2c(C)ccc(C)c2s1. The van der Waals surface area contributed by atoms with Crippen LogP contribution in [-0.2, 0) is 0 Å². The van der Waals surface area contributed by atoms with Crippen LogP contribution < -0.4 is 15.4 Å². The maximum atomic E-state index is 12.6. The summed E-state index contributed by atoms with van der Waals surface area (Å²) in [6.45, 7) is 4.06. The van der Waals surface area contributed by atoms with Gasteiger partial charge in [-0.15, -0.1) is 0 Å². The van der Waals surface area contributed by atoms with Gasteiger partial charge < -0.3 is 10.1 Å². The highest BCUT2D eigenvalue weighted by Gasteiger charge is 2.18. The molecule has 0 saturated carbocycles. The summed E-state index contributed by atoms with van der Waals surface area (Å²) in [6.07, 6.45) is 0. The van der Waals surface area contributed by atoms with Gasteiger partial charge in [0, 0.05) is 4.47 Å². The molecule has 0 fully saturated rings. The van der Waals surface area contributed by atoms with E-state index < -0.39 is 0 Å². The fourth-order valence-electron chi connectivity index (χ4n) is 2.55. The number of benzene rings is 2. The van der Waals surface area contributed by atoms with Gasteiger partial charge in [-0.2, -0.15) is 0 Å². The van der Waals surface area contributed by atoms with Gasteiger partial charge in [0.05, 0.1) is 27.4 Å². The molecule has 0 aliphatic heterocycles. The number of hydrogen-bond donors (Lipinski definition) is 2. The van der Waals surface area contributed by atoms with Crippen molar-refractivity contribution in [1.29, 1.82) is 0 Å². The lowest BCUT2D eigenvalue weighted by Gasteiger charge is -2.12.